The second-order valence-electron chi connectivity index (χ2n) is 2.96. The maximum atomic E-state index is 5.58. The zero-order chi connectivity index (χ0) is 8.27. The Bertz CT molecular complexity index is 192. The van der Waals surface area contributed by atoms with Crippen LogP contribution in [0.15, 0.2) is 6.33 Å². The SMILES string of the molecule is CC(C)C(CN)c1ncn[nH]1. The molecule has 1 atom stereocenters. The van der Waals surface area contributed by atoms with Crippen LogP contribution in [-0.2, 0) is 0 Å². The third-order valence-electron chi connectivity index (χ3n) is 1.84. The lowest BCUT2D eigenvalue weighted by Crippen LogP contribution is -2.19. The highest BCUT2D eigenvalue weighted by Gasteiger charge is 2.15. The summed E-state index contributed by atoms with van der Waals surface area (Å²) in [7, 11) is 0. The first-order valence-corrected chi connectivity index (χ1v) is 3.81. The van der Waals surface area contributed by atoms with E-state index in [-0.39, 0.29) is 0 Å². The molecular formula is C7H14N4. The van der Waals surface area contributed by atoms with Crippen LogP contribution >= 0.6 is 0 Å². The van der Waals surface area contributed by atoms with Crippen LogP contribution in [0.4, 0.5) is 0 Å². The molecule has 1 rings (SSSR count). The number of nitrogens with two attached hydrogens (primary N) is 1. The Kier molecular flexibility index (Phi) is 2.59. The van der Waals surface area contributed by atoms with Crippen molar-refractivity contribution in [3.63, 3.8) is 0 Å². The van der Waals surface area contributed by atoms with Crippen LogP contribution in [0.2, 0.25) is 0 Å². The summed E-state index contributed by atoms with van der Waals surface area (Å²) in [5, 5.41) is 6.61. The van der Waals surface area contributed by atoms with Gasteiger partial charge >= 0.3 is 0 Å². The van der Waals surface area contributed by atoms with E-state index in [4.69, 9.17) is 5.73 Å². The van der Waals surface area contributed by atoms with Crippen molar-refractivity contribution in [2.45, 2.75) is 19.8 Å². The molecule has 0 saturated heterocycles. The summed E-state index contributed by atoms with van der Waals surface area (Å²) in [6.45, 7) is 4.87. The fourth-order valence-corrected chi connectivity index (χ4v) is 1.09. The number of hydrogen-bond donors (Lipinski definition) is 2. The van der Waals surface area contributed by atoms with E-state index in [1.54, 1.807) is 0 Å². The molecule has 1 unspecified atom stereocenters. The van der Waals surface area contributed by atoms with E-state index >= 15 is 0 Å². The predicted molar refractivity (Wildman–Crippen MR) is 43.0 cm³/mol. The van der Waals surface area contributed by atoms with E-state index in [9.17, 15) is 0 Å². The van der Waals surface area contributed by atoms with Crippen LogP contribution in [0.25, 0.3) is 0 Å². The molecule has 0 aliphatic heterocycles. The number of aromatic nitrogens is 3. The zero-order valence-corrected chi connectivity index (χ0v) is 6.91. The van der Waals surface area contributed by atoms with Crippen LogP contribution in [0, 0.1) is 5.92 Å². The maximum Gasteiger partial charge on any atom is 0.137 e. The number of H-pyrrole nitrogens is 1. The highest BCUT2D eigenvalue weighted by atomic mass is 15.2. The highest BCUT2D eigenvalue weighted by Crippen LogP contribution is 2.18. The highest BCUT2D eigenvalue weighted by molar-refractivity contribution is 4.94. The van der Waals surface area contributed by atoms with Gasteiger partial charge in [0.2, 0.25) is 0 Å². The van der Waals surface area contributed by atoms with Crippen molar-refractivity contribution in [3.8, 4) is 0 Å². The molecule has 0 fully saturated rings. The van der Waals surface area contributed by atoms with Gasteiger partial charge in [0, 0.05) is 12.5 Å². The monoisotopic (exact) mass is 154 g/mol. The van der Waals surface area contributed by atoms with Gasteiger partial charge in [0.25, 0.3) is 0 Å². The smallest absolute Gasteiger partial charge is 0.137 e. The van der Waals surface area contributed by atoms with Gasteiger partial charge < -0.3 is 5.73 Å². The normalized spacial score (nSPS) is 13.8. The molecule has 0 saturated carbocycles. The number of nitrogens with one attached hydrogen (secondary N) is 1. The van der Waals surface area contributed by atoms with E-state index in [1.807, 2.05) is 0 Å². The van der Waals surface area contributed by atoms with E-state index < -0.39 is 0 Å². The maximum absolute atomic E-state index is 5.58. The first-order valence-electron chi connectivity index (χ1n) is 3.81. The van der Waals surface area contributed by atoms with Crippen molar-refractivity contribution in [2.75, 3.05) is 6.54 Å². The van der Waals surface area contributed by atoms with Crippen LogP contribution in [0.5, 0.6) is 0 Å². The lowest BCUT2D eigenvalue weighted by atomic mass is 9.95. The van der Waals surface area contributed by atoms with E-state index in [0.29, 0.717) is 18.4 Å². The summed E-state index contributed by atoms with van der Waals surface area (Å²) in [6, 6.07) is 0. The molecule has 11 heavy (non-hydrogen) atoms. The first kappa shape index (κ1) is 8.20. The van der Waals surface area contributed by atoms with Gasteiger partial charge in [-0.05, 0) is 5.92 Å². The number of hydrogen-bond acceptors (Lipinski definition) is 3. The summed E-state index contributed by atoms with van der Waals surface area (Å²) in [6.07, 6.45) is 1.51. The summed E-state index contributed by atoms with van der Waals surface area (Å²) in [5.41, 5.74) is 5.58. The Hall–Kier alpha value is -0.900. The lowest BCUT2D eigenvalue weighted by Gasteiger charge is -2.14. The van der Waals surface area contributed by atoms with Crippen molar-refractivity contribution >= 4 is 0 Å². The minimum Gasteiger partial charge on any atom is -0.330 e. The Morgan fingerprint density at radius 1 is 1.64 bits per heavy atom. The molecule has 0 aromatic carbocycles. The second kappa shape index (κ2) is 3.48. The second-order valence-corrected chi connectivity index (χ2v) is 2.96. The molecule has 1 aromatic rings. The van der Waals surface area contributed by atoms with Gasteiger partial charge in [-0.1, -0.05) is 13.8 Å². The molecule has 62 valence electrons. The molecule has 0 spiro atoms. The summed E-state index contributed by atoms with van der Waals surface area (Å²) in [5.74, 6) is 1.70. The molecular weight excluding hydrogens is 140 g/mol. The molecule has 4 heteroatoms. The first-order chi connectivity index (χ1) is 5.25. The minimum absolute atomic E-state index is 0.303. The van der Waals surface area contributed by atoms with Crippen molar-refractivity contribution in [1.29, 1.82) is 0 Å². The van der Waals surface area contributed by atoms with Crippen molar-refractivity contribution in [1.82, 2.24) is 15.2 Å². The Morgan fingerprint density at radius 3 is 2.73 bits per heavy atom. The number of nitrogens with zero attached hydrogens (tertiary/aromatic N) is 2. The molecule has 3 N–H and O–H groups in total. The molecule has 0 radical (unpaired) electrons. The van der Waals surface area contributed by atoms with Gasteiger partial charge in [0.05, 0.1) is 0 Å². The van der Waals surface area contributed by atoms with Crippen LogP contribution < -0.4 is 5.73 Å². The number of aromatic amines is 1. The fraction of sp³-hybridized carbons (Fsp3) is 0.714. The van der Waals surface area contributed by atoms with Crippen molar-refractivity contribution < 1.29 is 0 Å². The predicted octanol–water partition coefficient (Wildman–Crippen LogP) is 0.503. The minimum atomic E-state index is 0.303. The third kappa shape index (κ3) is 1.77. The van der Waals surface area contributed by atoms with Gasteiger partial charge in [-0.25, -0.2) is 4.98 Å². The van der Waals surface area contributed by atoms with Crippen LogP contribution in [0.1, 0.15) is 25.6 Å². The largest absolute Gasteiger partial charge is 0.330 e. The zero-order valence-electron chi connectivity index (χ0n) is 6.91. The summed E-state index contributed by atoms with van der Waals surface area (Å²) in [4.78, 5) is 4.06. The molecule has 1 aromatic heterocycles. The van der Waals surface area contributed by atoms with Gasteiger partial charge in [0.15, 0.2) is 0 Å². The third-order valence-corrected chi connectivity index (χ3v) is 1.84. The standard InChI is InChI=1S/C7H14N4/c1-5(2)6(3-8)7-9-4-10-11-7/h4-6H,3,8H2,1-2H3,(H,9,10,11). The van der Waals surface area contributed by atoms with Gasteiger partial charge in [-0.2, -0.15) is 5.10 Å². The van der Waals surface area contributed by atoms with Crippen LogP contribution in [0.3, 0.4) is 0 Å². The quantitative estimate of drug-likeness (QED) is 0.666. The molecule has 0 amide bonds. The van der Waals surface area contributed by atoms with E-state index in [0.717, 1.165) is 5.82 Å². The topological polar surface area (TPSA) is 67.6 Å². The summed E-state index contributed by atoms with van der Waals surface area (Å²) < 4.78 is 0. The van der Waals surface area contributed by atoms with Crippen LogP contribution in [-0.4, -0.2) is 21.7 Å². The average Bonchev–Trinajstić information content (AvgIpc) is 2.40. The fourth-order valence-electron chi connectivity index (χ4n) is 1.09. The van der Waals surface area contributed by atoms with Crippen molar-refractivity contribution in [2.24, 2.45) is 11.7 Å². The Labute approximate surface area is 66.2 Å². The lowest BCUT2D eigenvalue weighted by molar-refractivity contribution is 0.485. The van der Waals surface area contributed by atoms with Gasteiger partial charge in [0.1, 0.15) is 12.2 Å². The van der Waals surface area contributed by atoms with E-state index in [2.05, 4.69) is 29.0 Å². The summed E-state index contributed by atoms with van der Waals surface area (Å²) >= 11 is 0. The van der Waals surface area contributed by atoms with Gasteiger partial charge in [-0.15, -0.1) is 0 Å². The average molecular weight is 154 g/mol. The van der Waals surface area contributed by atoms with Crippen molar-refractivity contribution in [3.05, 3.63) is 12.2 Å². The Balaban J connectivity index is 2.71. The Morgan fingerprint density at radius 2 is 2.36 bits per heavy atom. The van der Waals surface area contributed by atoms with E-state index in [1.165, 1.54) is 6.33 Å². The molecule has 0 bridgehead atoms. The van der Waals surface area contributed by atoms with Gasteiger partial charge in [-0.3, -0.25) is 5.10 Å². The molecule has 1 heterocycles. The molecule has 0 aliphatic rings. The molecule has 4 nitrogen and oxygen atoms in total. The molecule has 0 aliphatic carbocycles. The number of rotatable bonds is 3.